The summed E-state index contributed by atoms with van der Waals surface area (Å²) in [5.74, 6) is -9.50. The molecule has 0 aromatic carbocycles. The van der Waals surface area contributed by atoms with Gasteiger partial charge in [0.05, 0.1) is 11.8 Å². The first-order valence-corrected chi connectivity index (χ1v) is 12.4. The van der Waals surface area contributed by atoms with Crippen molar-refractivity contribution in [2.24, 2.45) is 0 Å². The van der Waals surface area contributed by atoms with Crippen molar-refractivity contribution in [3.05, 3.63) is 24.5 Å². The van der Waals surface area contributed by atoms with Gasteiger partial charge in [0.1, 0.15) is 17.5 Å². The summed E-state index contributed by atoms with van der Waals surface area (Å²) in [6, 6.07) is 2.42. The van der Waals surface area contributed by atoms with E-state index in [-0.39, 0.29) is 28.6 Å². The zero-order valence-corrected chi connectivity index (χ0v) is 22.8. The van der Waals surface area contributed by atoms with Crippen LogP contribution in [0.3, 0.4) is 0 Å². The number of hydrogen-bond donors (Lipinski definition) is 3. The number of esters is 2. The Kier molecular flexibility index (Phi) is 8.03. The lowest BCUT2D eigenvalue weighted by molar-refractivity contribution is -0.190. The number of aromatic amines is 1. The molecule has 0 radical (unpaired) electrons. The van der Waals surface area contributed by atoms with Crippen LogP contribution in [0.1, 0.15) is 40.5 Å². The third kappa shape index (κ3) is 7.30. The van der Waals surface area contributed by atoms with Crippen LogP contribution in [0.2, 0.25) is 0 Å². The fraction of sp³-hybridized carbons (Fsp3) is 0.440. The molecule has 1 aliphatic rings. The van der Waals surface area contributed by atoms with Crippen LogP contribution in [0.4, 0.5) is 26.3 Å². The highest BCUT2D eigenvalue weighted by atomic mass is 19.4. The Morgan fingerprint density at radius 1 is 0.953 bits per heavy atom. The zero-order chi connectivity index (χ0) is 32.0. The van der Waals surface area contributed by atoms with E-state index >= 15 is 0 Å². The highest BCUT2D eigenvalue weighted by molar-refractivity contribution is 5.89. The van der Waals surface area contributed by atoms with Gasteiger partial charge in [0.2, 0.25) is 11.8 Å². The molecular weight excluding hydrogens is 594 g/mol. The Bertz CT molecular complexity index is 1490. The Morgan fingerprint density at radius 2 is 1.56 bits per heavy atom. The number of nitrogens with one attached hydrogen (secondary N) is 2. The zero-order valence-electron chi connectivity index (χ0n) is 22.8. The van der Waals surface area contributed by atoms with Gasteiger partial charge in [-0.05, 0) is 33.8 Å². The van der Waals surface area contributed by atoms with Crippen LogP contribution < -0.4 is 19.5 Å². The van der Waals surface area contributed by atoms with Gasteiger partial charge >= 0.3 is 24.3 Å². The first-order valence-electron chi connectivity index (χ1n) is 12.4. The number of pyridine rings is 1. The molecule has 232 valence electrons. The smallest absolute Gasteiger partial charge is 0.491 e. The standard InChI is InChI=1S/C25H24F6N6O6/c1-22(2)7-12(8-23(3,4)37-22)41-14-6-5-13(35-36-14)16-17(38)18(42-20(39)24(26,27)28)15(11-9-32-33-10-11)19(34-16)43-21(40)25(29,30)31/h5-6,9-10,12,37-38H,7-8H2,1-4H3,(H,32,33). The number of nitrogens with zero attached hydrogens (tertiary/aromatic N) is 4. The van der Waals surface area contributed by atoms with Crippen LogP contribution in [0.15, 0.2) is 24.5 Å². The number of H-pyrrole nitrogens is 1. The third-order valence-electron chi connectivity index (χ3n) is 6.05. The van der Waals surface area contributed by atoms with Gasteiger partial charge in [-0.2, -0.15) is 31.4 Å². The van der Waals surface area contributed by atoms with E-state index in [0.717, 1.165) is 18.5 Å². The molecule has 0 bridgehead atoms. The van der Waals surface area contributed by atoms with E-state index in [0.29, 0.717) is 12.8 Å². The molecule has 0 amide bonds. The molecule has 4 heterocycles. The number of ether oxygens (including phenoxy) is 3. The summed E-state index contributed by atoms with van der Waals surface area (Å²) in [5.41, 5.74) is -3.07. The van der Waals surface area contributed by atoms with E-state index in [9.17, 15) is 41.0 Å². The number of aromatic hydroxyl groups is 1. The summed E-state index contributed by atoms with van der Waals surface area (Å²) in [6.07, 6.45) is -8.44. The Morgan fingerprint density at radius 3 is 2.07 bits per heavy atom. The Labute approximate surface area is 238 Å². The van der Waals surface area contributed by atoms with Gasteiger partial charge in [0.25, 0.3) is 0 Å². The van der Waals surface area contributed by atoms with Crippen LogP contribution in [-0.2, 0) is 9.59 Å². The van der Waals surface area contributed by atoms with Gasteiger partial charge in [0, 0.05) is 41.7 Å². The van der Waals surface area contributed by atoms with Gasteiger partial charge in [0.15, 0.2) is 11.5 Å². The first kappa shape index (κ1) is 31.5. The lowest BCUT2D eigenvalue weighted by Crippen LogP contribution is -2.60. The normalized spacial score (nSPS) is 16.9. The predicted molar refractivity (Wildman–Crippen MR) is 133 cm³/mol. The SMILES string of the molecule is CC1(C)CC(Oc2ccc(-c3nc(OC(=O)C(F)(F)F)c(-c4cn[nH]c4)c(OC(=O)C(F)(F)F)c3O)nn2)CC(C)(C)N1. The van der Waals surface area contributed by atoms with Crippen LogP contribution in [0, 0.1) is 0 Å². The predicted octanol–water partition coefficient (Wildman–Crippen LogP) is 4.26. The second kappa shape index (κ2) is 11.0. The summed E-state index contributed by atoms with van der Waals surface area (Å²) in [7, 11) is 0. The van der Waals surface area contributed by atoms with E-state index < -0.39 is 58.6 Å². The van der Waals surface area contributed by atoms with Crippen molar-refractivity contribution in [2.45, 2.75) is 70.1 Å². The molecule has 0 atom stereocenters. The first-order chi connectivity index (χ1) is 19.8. The summed E-state index contributed by atoms with van der Waals surface area (Å²) in [5, 5.41) is 27.8. The molecule has 43 heavy (non-hydrogen) atoms. The highest BCUT2D eigenvalue weighted by Gasteiger charge is 2.45. The molecule has 0 unspecified atom stereocenters. The fourth-order valence-electron chi connectivity index (χ4n) is 4.82. The molecule has 3 N–H and O–H groups in total. The molecule has 0 aliphatic carbocycles. The van der Waals surface area contributed by atoms with Crippen LogP contribution in [0.25, 0.3) is 22.5 Å². The maximum absolute atomic E-state index is 13.1. The van der Waals surface area contributed by atoms with Crippen LogP contribution in [-0.4, -0.2) is 72.0 Å². The largest absolute Gasteiger partial charge is 0.503 e. The average Bonchev–Trinajstić information content (AvgIpc) is 3.37. The number of halogens is 6. The maximum atomic E-state index is 13.1. The molecule has 1 aliphatic heterocycles. The van der Waals surface area contributed by atoms with Gasteiger partial charge < -0.3 is 24.6 Å². The molecule has 18 heteroatoms. The molecule has 3 aromatic rings. The molecule has 1 saturated heterocycles. The van der Waals surface area contributed by atoms with Gasteiger partial charge in [-0.15, -0.1) is 10.2 Å². The number of carbonyl (C=O) groups is 2. The van der Waals surface area contributed by atoms with Crippen molar-refractivity contribution in [3.8, 4) is 45.8 Å². The molecule has 3 aromatic heterocycles. The number of hydrogen-bond acceptors (Lipinski definition) is 11. The fourth-order valence-corrected chi connectivity index (χ4v) is 4.82. The molecule has 0 saturated carbocycles. The Balaban J connectivity index is 1.79. The molecule has 4 rings (SSSR count). The minimum Gasteiger partial charge on any atom is -0.503 e. The third-order valence-corrected chi connectivity index (χ3v) is 6.05. The van der Waals surface area contributed by atoms with Crippen molar-refractivity contribution >= 4 is 11.9 Å². The number of carbonyl (C=O) groups excluding carboxylic acids is 2. The number of aromatic nitrogens is 5. The van der Waals surface area contributed by atoms with E-state index in [1.165, 1.54) is 6.07 Å². The quantitative estimate of drug-likeness (QED) is 0.267. The van der Waals surface area contributed by atoms with E-state index in [2.05, 4.69) is 40.2 Å². The summed E-state index contributed by atoms with van der Waals surface area (Å²) >= 11 is 0. The van der Waals surface area contributed by atoms with Crippen molar-refractivity contribution in [2.75, 3.05) is 0 Å². The minimum atomic E-state index is -5.59. The summed E-state index contributed by atoms with van der Waals surface area (Å²) in [4.78, 5) is 27.1. The van der Waals surface area contributed by atoms with Crippen LogP contribution in [0.5, 0.6) is 23.3 Å². The number of rotatable bonds is 6. The van der Waals surface area contributed by atoms with Crippen LogP contribution >= 0.6 is 0 Å². The van der Waals surface area contributed by atoms with Gasteiger partial charge in [-0.25, -0.2) is 14.6 Å². The second-order valence-electron chi connectivity index (χ2n) is 10.9. The minimum absolute atomic E-state index is 0.0178. The monoisotopic (exact) mass is 618 g/mol. The van der Waals surface area contributed by atoms with Crippen molar-refractivity contribution < 1.29 is 55.2 Å². The number of alkyl halides is 6. The van der Waals surface area contributed by atoms with Gasteiger partial charge in [-0.1, -0.05) is 0 Å². The summed E-state index contributed by atoms with van der Waals surface area (Å²) < 4.78 is 93.1. The lowest BCUT2D eigenvalue weighted by Gasteiger charge is -2.46. The Hall–Kier alpha value is -4.48. The molecular formula is C25H24F6N6O6. The molecule has 0 spiro atoms. The molecule has 1 fully saturated rings. The van der Waals surface area contributed by atoms with E-state index in [1.807, 2.05) is 27.7 Å². The lowest BCUT2D eigenvalue weighted by atomic mass is 9.81. The number of piperidine rings is 1. The van der Waals surface area contributed by atoms with Gasteiger partial charge in [-0.3, -0.25) is 5.10 Å². The maximum Gasteiger partial charge on any atom is 0.491 e. The highest BCUT2D eigenvalue weighted by Crippen LogP contribution is 2.48. The average molecular weight is 618 g/mol. The van der Waals surface area contributed by atoms with E-state index in [1.54, 1.807) is 0 Å². The van der Waals surface area contributed by atoms with Crippen molar-refractivity contribution in [1.29, 1.82) is 0 Å². The van der Waals surface area contributed by atoms with Crippen molar-refractivity contribution in [3.63, 3.8) is 0 Å². The summed E-state index contributed by atoms with van der Waals surface area (Å²) in [6.45, 7) is 7.97. The molecule has 12 nitrogen and oxygen atoms in total. The van der Waals surface area contributed by atoms with Crippen molar-refractivity contribution in [1.82, 2.24) is 30.7 Å². The van der Waals surface area contributed by atoms with E-state index in [4.69, 9.17) is 4.74 Å². The topological polar surface area (TPSA) is 161 Å². The second-order valence-corrected chi connectivity index (χ2v) is 10.9.